The summed E-state index contributed by atoms with van der Waals surface area (Å²) < 4.78 is 5.60. The van der Waals surface area contributed by atoms with Crippen LogP contribution >= 0.6 is 0 Å². The first-order valence-corrected chi connectivity index (χ1v) is 21.4. The standard InChI is InChI=1S/C43H63N5O7.C4H10O/c1-28(2)21-35(45-39(50)37(23-30(5)6)47(9)41(52)34(44-27-49)25-32-17-13-11-14-18-32)42(53)48(10)38(24-31(7)8)40(51)46-36(22-29(3)4)43(54)55-26-33-19-15-12-16-20-33;1-2-3-4-5/h11-20,28-31,34-38H,21-26H2,1-10H3,(H,45,50)(H,46,51);5H,2-4H2,1H3. The van der Waals surface area contributed by atoms with E-state index in [0.717, 1.165) is 24.0 Å². The Labute approximate surface area is 359 Å². The van der Waals surface area contributed by atoms with E-state index in [4.69, 9.17) is 9.84 Å². The van der Waals surface area contributed by atoms with E-state index in [9.17, 15) is 28.8 Å². The zero-order valence-corrected chi connectivity index (χ0v) is 38.0. The van der Waals surface area contributed by atoms with Crippen molar-refractivity contribution in [3.8, 4) is 0 Å². The van der Waals surface area contributed by atoms with Crippen LogP contribution in [0.1, 0.15) is 112 Å². The first kappa shape index (κ1) is 53.1. The molecule has 13 heteroatoms. The van der Waals surface area contributed by atoms with Crippen LogP contribution in [0.25, 0.3) is 0 Å². The molecular formula is C47H73N5O8. The lowest BCUT2D eigenvalue weighted by atomic mass is 9.96. The molecule has 334 valence electrons. The summed E-state index contributed by atoms with van der Waals surface area (Å²) in [6.45, 7) is 17.9. The third-order valence-corrected chi connectivity index (χ3v) is 9.76. The van der Waals surface area contributed by atoms with Gasteiger partial charge in [-0.1, -0.05) is 129 Å². The van der Waals surface area contributed by atoms with Gasteiger partial charge in [0.15, 0.2) is 0 Å². The lowest BCUT2D eigenvalue weighted by molar-refractivity contribution is -0.151. The molecule has 2 rings (SSSR count). The van der Waals surface area contributed by atoms with Crippen LogP contribution in [0, 0.1) is 23.7 Å². The number of benzene rings is 2. The van der Waals surface area contributed by atoms with Gasteiger partial charge in [-0.05, 0) is 66.9 Å². The molecule has 0 saturated carbocycles. The maximum absolute atomic E-state index is 14.3. The number of ether oxygens (including phenoxy) is 1. The number of hydrogen-bond donors (Lipinski definition) is 3. The summed E-state index contributed by atoms with van der Waals surface area (Å²) >= 11 is 0. The Kier molecular flexibility index (Phi) is 25.3. The molecule has 0 heterocycles. The monoisotopic (exact) mass is 836 g/mol. The van der Waals surface area contributed by atoms with Crippen LogP contribution in [0.15, 0.2) is 65.7 Å². The van der Waals surface area contributed by atoms with Crippen molar-refractivity contribution < 1.29 is 38.6 Å². The number of aliphatic hydroxyl groups is 1. The molecule has 0 aliphatic heterocycles. The molecule has 0 fully saturated rings. The number of hydrogen-bond acceptors (Lipinski definition) is 9. The van der Waals surface area contributed by atoms with E-state index < -0.39 is 59.8 Å². The number of unbranched alkanes of at least 4 members (excludes halogenated alkanes) is 1. The lowest BCUT2D eigenvalue weighted by Gasteiger charge is -2.35. The van der Waals surface area contributed by atoms with Gasteiger partial charge in [0.2, 0.25) is 29.7 Å². The second kappa shape index (κ2) is 28.6. The van der Waals surface area contributed by atoms with Crippen molar-refractivity contribution >= 4 is 35.7 Å². The van der Waals surface area contributed by atoms with Crippen LogP contribution in [0.3, 0.4) is 0 Å². The highest BCUT2D eigenvalue weighted by Crippen LogP contribution is 2.19. The van der Waals surface area contributed by atoms with Gasteiger partial charge in [0, 0.05) is 27.1 Å². The molecule has 60 heavy (non-hydrogen) atoms. The molecule has 3 N–H and O–H groups in total. The van der Waals surface area contributed by atoms with Gasteiger partial charge < -0.3 is 30.3 Å². The molecule has 0 saturated heterocycles. The van der Waals surface area contributed by atoms with Crippen molar-refractivity contribution in [1.29, 1.82) is 0 Å². The van der Waals surface area contributed by atoms with Crippen molar-refractivity contribution in [3.63, 3.8) is 0 Å². The molecule has 2 aromatic carbocycles. The number of aliphatic hydroxyl groups excluding tert-OH is 1. The Hall–Kier alpha value is -4.87. The maximum Gasteiger partial charge on any atom is 0.328 e. The predicted molar refractivity (Wildman–Crippen MR) is 235 cm³/mol. The number of carbonyl (C=O) groups excluding carboxylic acids is 6. The SMILES string of the molecule is CC(C)CC(NC(=O)C(CC(C)C)N(C)C(=O)C(CC(C)C)NC(=O)C(CC(C)C)N(C)C(=O)C(Cc1ccccc1)N=C=O)C(=O)OCc1ccccc1.CCCCO. The van der Waals surface area contributed by atoms with E-state index in [0.29, 0.717) is 19.4 Å². The number of amides is 4. The maximum atomic E-state index is 14.3. The molecular weight excluding hydrogens is 763 g/mol. The van der Waals surface area contributed by atoms with E-state index in [1.807, 2.05) is 116 Å². The normalized spacial score (nSPS) is 13.5. The van der Waals surface area contributed by atoms with Crippen LogP contribution in [0.4, 0.5) is 0 Å². The Bertz CT molecular complexity index is 1630. The summed E-state index contributed by atoms with van der Waals surface area (Å²) in [6.07, 6.45) is 4.89. The fourth-order valence-electron chi connectivity index (χ4n) is 6.55. The largest absolute Gasteiger partial charge is 0.459 e. The van der Waals surface area contributed by atoms with Crippen molar-refractivity contribution in [2.24, 2.45) is 28.7 Å². The molecule has 0 radical (unpaired) electrons. The average Bonchev–Trinajstić information content (AvgIpc) is 3.20. The molecule has 0 aliphatic carbocycles. The second-order valence-corrected chi connectivity index (χ2v) is 17.2. The highest BCUT2D eigenvalue weighted by atomic mass is 16.5. The summed E-state index contributed by atoms with van der Waals surface area (Å²) in [5.41, 5.74) is 1.61. The minimum absolute atomic E-state index is 0.00524. The van der Waals surface area contributed by atoms with Gasteiger partial charge >= 0.3 is 5.97 Å². The number of nitrogens with one attached hydrogen (secondary N) is 2. The number of rotatable bonds is 24. The number of aliphatic imine (C=N–C) groups is 1. The van der Waals surface area contributed by atoms with Crippen LogP contribution in [0.5, 0.6) is 0 Å². The zero-order chi connectivity index (χ0) is 45.4. The highest BCUT2D eigenvalue weighted by molar-refractivity contribution is 5.95. The Morgan fingerprint density at radius 1 is 0.667 bits per heavy atom. The van der Waals surface area contributed by atoms with E-state index in [1.165, 1.54) is 30.0 Å². The Morgan fingerprint density at radius 2 is 1.10 bits per heavy atom. The van der Waals surface area contributed by atoms with Gasteiger partial charge in [0.05, 0.1) is 0 Å². The van der Waals surface area contributed by atoms with E-state index in [2.05, 4.69) is 22.5 Å². The topological polar surface area (TPSA) is 175 Å². The predicted octanol–water partition coefficient (Wildman–Crippen LogP) is 6.26. The molecule has 13 nitrogen and oxygen atoms in total. The smallest absolute Gasteiger partial charge is 0.328 e. The Balaban J connectivity index is 0.00000338. The van der Waals surface area contributed by atoms with Gasteiger partial charge in [0.25, 0.3) is 0 Å². The molecule has 2 aromatic rings. The van der Waals surface area contributed by atoms with Crippen LogP contribution in [-0.4, -0.2) is 101 Å². The first-order chi connectivity index (χ1) is 28.4. The summed E-state index contributed by atoms with van der Waals surface area (Å²) in [4.78, 5) is 87.4. The summed E-state index contributed by atoms with van der Waals surface area (Å²) in [5, 5.41) is 13.9. The van der Waals surface area contributed by atoms with Crippen molar-refractivity contribution in [1.82, 2.24) is 20.4 Å². The van der Waals surface area contributed by atoms with Crippen molar-refractivity contribution in [3.05, 3.63) is 71.8 Å². The minimum atomic E-state index is -1.09. The minimum Gasteiger partial charge on any atom is -0.459 e. The molecule has 0 aliphatic rings. The van der Waals surface area contributed by atoms with Crippen molar-refractivity contribution in [2.75, 3.05) is 20.7 Å². The fourth-order valence-corrected chi connectivity index (χ4v) is 6.55. The van der Waals surface area contributed by atoms with Crippen LogP contribution < -0.4 is 10.6 Å². The number of esters is 1. The molecule has 0 bridgehead atoms. The number of nitrogens with zero attached hydrogens (tertiary/aromatic N) is 3. The first-order valence-electron chi connectivity index (χ1n) is 21.4. The van der Waals surface area contributed by atoms with Crippen molar-refractivity contribution in [2.45, 2.75) is 144 Å². The number of likely N-dealkylation sites (N-methyl/N-ethyl adjacent to an activating group) is 2. The summed E-state index contributed by atoms with van der Waals surface area (Å²) in [5.74, 6) is -2.55. The van der Waals surface area contributed by atoms with Gasteiger partial charge in [-0.3, -0.25) is 19.2 Å². The third kappa shape index (κ3) is 19.9. The number of carbonyl (C=O) groups is 5. The van der Waals surface area contributed by atoms with Crippen LogP contribution in [0.2, 0.25) is 0 Å². The van der Waals surface area contributed by atoms with E-state index >= 15 is 0 Å². The molecule has 5 unspecified atom stereocenters. The van der Waals surface area contributed by atoms with Gasteiger partial charge in [-0.2, -0.15) is 4.99 Å². The molecule has 0 aromatic heterocycles. The third-order valence-electron chi connectivity index (χ3n) is 9.76. The summed E-state index contributed by atoms with van der Waals surface area (Å²) in [6, 6.07) is 13.4. The fraction of sp³-hybridized carbons (Fsp3) is 0.617. The molecule has 5 atom stereocenters. The average molecular weight is 836 g/mol. The highest BCUT2D eigenvalue weighted by Gasteiger charge is 2.38. The summed E-state index contributed by atoms with van der Waals surface area (Å²) in [7, 11) is 3.03. The van der Waals surface area contributed by atoms with Gasteiger partial charge in [-0.25, -0.2) is 9.59 Å². The second-order valence-electron chi connectivity index (χ2n) is 17.2. The zero-order valence-electron chi connectivity index (χ0n) is 38.0. The van der Waals surface area contributed by atoms with E-state index in [-0.39, 0.29) is 49.5 Å². The van der Waals surface area contributed by atoms with Gasteiger partial charge in [0.1, 0.15) is 36.8 Å². The van der Waals surface area contributed by atoms with Gasteiger partial charge in [-0.15, -0.1) is 0 Å². The van der Waals surface area contributed by atoms with E-state index in [1.54, 1.807) is 0 Å². The number of isocyanates is 1. The lowest BCUT2D eigenvalue weighted by Crippen LogP contribution is -2.59. The Morgan fingerprint density at radius 3 is 1.52 bits per heavy atom. The van der Waals surface area contributed by atoms with Crippen LogP contribution in [-0.2, 0) is 46.5 Å². The molecule has 4 amide bonds. The quantitative estimate of drug-likeness (QED) is 0.0631. The molecule has 0 spiro atoms.